The molecule has 4 rings (SSSR count). The molecule has 0 aromatic heterocycles. The lowest BCUT2D eigenvalue weighted by atomic mass is 9.73. The summed E-state index contributed by atoms with van der Waals surface area (Å²) in [6, 6.07) is 8.08. The summed E-state index contributed by atoms with van der Waals surface area (Å²) in [6.45, 7) is 11.3. The van der Waals surface area contributed by atoms with Gasteiger partial charge in [0, 0.05) is 13.7 Å². The fourth-order valence-corrected chi connectivity index (χ4v) is 7.04. The fourth-order valence-electron chi connectivity index (χ4n) is 7.04. The van der Waals surface area contributed by atoms with E-state index in [0.29, 0.717) is 30.4 Å². The molecule has 0 unspecified atom stereocenters. The van der Waals surface area contributed by atoms with E-state index in [1.54, 1.807) is 19.2 Å². The van der Waals surface area contributed by atoms with E-state index in [-0.39, 0.29) is 0 Å². The maximum absolute atomic E-state index is 15.3. The Hall–Kier alpha value is -1.94. The molecule has 2 aliphatic rings. The van der Waals surface area contributed by atoms with Crippen LogP contribution in [0.4, 0.5) is 8.78 Å². The molecule has 2 nitrogen and oxygen atoms in total. The largest absolute Gasteiger partial charge is 0.432 e. The minimum Gasteiger partial charge on any atom is -0.432 e. The third kappa shape index (κ3) is 7.17. The van der Waals surface area contributed by atoms with Gasteiger partial charge in [-0.15, -0.1) is 0 Å². The van der Waals surface area contributed by atoms with E-state index < -0.39 is 12.0 Å². The zero-order valence-corrected chi connectivity index (χ0v) is 24.5. The Balaban J connectivity index is 1.32. The summed E-state index contributed by atoms with van der Waals surface area (Å²) >= 11 is 0. The average molecular weight is 527 g/mol. The van der Waals surface area contributed by atoms with Gasteiger partial charge in [0.05, 0.1) is 5.92 Å². The SMILES string of the molecule is COCC1CCC(CC2CCC(C(F)(F)Oc3cc(C)c(Cc4cc(C)c(C)c(C)c4)c(C)c3)CC2)CC1. The van der Waals surface area contributed by atoms with Crippen molar-refractivity contribution in [3.05, 3.63) is 63.2 Å². The number of benzene rings is 2. The molecular weight excluding hydrogens is 478 g/mol. The van der Waals surface area contributed by atoms with Crippen molar-refractivity contribution in [3.8, 4) is 5.75 Å². The Morgan fingerprint density at radius 3 is 1.74 bits per heavy atom. The van der Waals surface area contributed by atoms with Crippen LogP contribution < -0.4 is 4.74 Å². The van der Waals surface area contributed by atoms with Crippen LogP contribution in [0.5, 0.6) is 5.75 Å². The van der Waals surface area contributed by atoms with Gasteiger partial charge >= 0.3 is 6.11 Å². The normalized spacial score (nSPS) is 24.4. The van der Waals surface area contributed by atoms with Crippen molar-refractivity contribution >= 4 is 0 Å². The molecule has 0 aliphatic heterocycles. The predicted molar refractivity (Wildman–Crippen MR) is 152 cm³/mol. The number of hydrogen-bond donors (Lipinski definition) is 0. The van der Waals surface area contributed by atoms with Crippen molar-refractivity contribution < 1.29 is 18.3 Å². The second-order valence-electron chi connectivity index (χ2n) is 12.5. The number of alkyl halides is 2. The minimum absolute atomic E-state index is 0.292. The third-order valence-electron chi connectivity index (χ3n) is 9.65. The van der Waals surface area contributed by atoms with E-state index in [4.69, 9.17) is 9.47 Å². The van der Waals surface area contributed by atoms with Crippen LogP contribution in [0.2, 0.25) is 0 Å². The lowest BCUT2D eigenvalue weighted by Gasteiger charge is -2.36. The molecule has 0 bridgehead atoms. The molecule has 2 fully saturated rings. The van der Waals surface area contributed by atoms with Gasteiger partial charge in [0.1, 0.15) is 5.75 Å². The molecule has 0 atom stereocenters. The summed E-state index contributed by atoms with van der Waals surface area (Å²) < 4.78 is 41.4. The van der Waals surface area contributed by atoms with Gasteiger partial charge in [0.25, 0.3) is 0 Å². The molecule has 0 N–H and O–H groups in total. The number of halogens is 2. The van der Waals surface area contributed by atoms with E-state index in [1.807, 2.05) is 13.8 Å². The topological polar surface area (TPSA) is 18.5 Å². The lowest BCUT2D eigenvalue weighted by molar-refractivity contribution is -0.223. The van der Waals surface area contributed by atoms with Crippen molar-refractivity contribution in [1.82, 2.24) is 0 Å². The van der Waals surface area contributed by atoms with Crippen LogP contribution in [-0.4, -0.2) is 19.8 Å². The first-order valence-electron chi connectivity index (χ1n) is 14.8. The first kappa shape index (κ1) is 29.1. The quantitative estimate of drug-likeness (QED) is 0.324. The number of ether oxygens (including phenoxy) is 2. The molecule has 4 heteroatoms. The van der Waals surface area contributed by atoms with Crippen molar-refractivity contribution in [1.29, 1.82) is 0 Å². The highest BCUT2D eigenvalue weighted by atomic mass is 19.3. The first-order valence-corrected chi connectivity index (χ1v) is 14.8. The highest BCUT2D eigenvalue weighted by Gasteiger charge is 2.44. The van der Waals surface area contributed by atoms with Crippen LogP contribution in [-0.2, 0) is 11.2 Å². The maximum atomic E-state index is 15.3. The molecule has 2 aliphatic carbocycles. The lowest BCUT2D eigenvalue weighted by Crippen LogP contribution is -2.37. The smallest absolute Gasteiger partial charge is 0.400 e. The average Bonchev–Trinajstić information content (AvgIpc) is 2.86. The van der Waals surface area contributed by atoms with E-state index in [2.05, 4.69) is 32.9 Å². The molecule has 0 amide bonds. The first-order chi connectivity index (χ1) is 18.1. The van der Waals surface area contributed by atoms with Gasteiger partial charge in [-0.05, 0) is 155 Å². The van der Waals surface area contributed by atoms with Crippen molar-refractivity contribution in [3.63, 3.8) is 0 Å². The number of aryl methyl sites for hydroxylation is 4. The number of methoxy groups -OCH3 is 1. The van der Waals surface area contributed by atoms with Crippen LogP contribution in [0.15, 0.2) is 24.3 Å². The Bertz CT molecular complexity index is 1030. The molecular formula is C34H48F2O2. The summed E-state index contributed by atoms with van der Waals surface area (Å²) in [6.07, 6.45) is 6.82. The fraction of sp³-hybridized carbons (Fsp3) is 0.647. The van der Waals surface area contributed by atoms with E-state index in [9.17, 15) is 0 Å². The number of rotatable bonds is 9. The van der Waals surface area contributed by atoms with Crippen LogP contribution in [0.3, 0.4) is 0 Å². The summed E-state index contributed by atoms with van der Waals surface area (Å²) in [5, 5.41) is 0. The Morgan fingerprint density at radius 1 is 0.711 bits per heavy atom. The number of hydrogen-bond acceptors (Lipinski definition) is 2. The molecule has 0 saturated heterocycles. The molecule has 2 aromatic carbocycles. The summed E-state index contributed by atoms with van der Waals surface area (Å²) in [7, 11) is 1.79. The van der Waals surface area contributed by atoms with Crippen LogP contribution in [0.1, 0.15) is 96.7 Å². The molecule has 0 heterocycles. The third-order valence-corrected chi connectivity index (χ3v) is 9.65. The minimum atomic E-state index is -3.13. The van der Waals surface area contributed by atoms with Gasteiger partial charge in [-0.25, -0.2) is 0 Å². The zero-order chi connectivity index (χ0) is 27.4. The van der Waals surface area contributed by atoms with Gasteiger partial charge in [-0.1, -0.05) is 25.0 Å². The van der Waals surface area contributed by atoms with E-state index >= 15 is 8.78 Å². The predicted octanol–water partition coefficient (Wildman–Crippen LogP) is 9.44. The van der Waals surface area contributed by atoms with Gasteiger partial charge in [0.2, 0.25) is 0 Å². The zero-order valence-electron chi connectivity index (χ0n) is 24.5. The van der Waals surface area contributed by atoms with Crippen molar-refractivity contribution in [2.24, 2.45) is 23.7 Å². The Morgan fingerprint density at radius 2 is 1.21 bits per heavy atom. The second-order valence-corrected chi connectivity index (χ2v) is 12.5. The molecule has 0 spiro atoms. The maximum Gasteiger partial charge on any atom is 0.400 e. The summed E-state index contributed by atoms with van der Waals surface area (Å²) in [5.74, 6) is 1.65. The van der Waals surface area contributed by atoms with Gasteiger partial charge in [0.15, 0.2) is 0 Å². The molecule has 0 radical (unpaired) electrons. The summed E-state index contributed by atoms with van der Waals surface area (Å²) in [5.41, 5.74) is 8.38. The standard InChI is InChI=1S/C34H48F2O2/c1-22-15-30(16-23(2)26(22)5)20-33-24(3)17-32(18-25(33)4)38-34(35,36)31-13-11-28(12-14-31)19-27-7-9-29(10-8-27)21-37-6/h15-18,27-29,31H,7-14,19-21H2,1-6H3. The highest BCUT2D eigenvalue weighted by molar-refractivity contribution is 5.45. The molecule has 38 heavy (non-hydrogen) atoms. The van der Waals surface area contributed by atoms with Crippen LogP contribution in [0, 0.1) is 58.3 Å². The van der Waals surface area contributed by atoms with E-state index in [0.717, 1.165) is 42.9 Å². The van der Waals surface area contributed by atoms with Crippen LogP contribution >= 0.6 is 0 Å². The van der Waals surface area contributed by atoms with Crippen molar-refractivity contribution in [2.45, 2.75) is 105 Å². The van der Waals surface area contributed by atoms with Crippen LogP contribution in [0.25, 0.3) is 0 Å². The Labute approximate surface area is 229 Å². The van der Waals surface area contributed by atoms with Crippen molar-refractivity contribution in [2.75, 3.05) is 13.7 Å². The second kappa shape index (κ2) is 12.5. The van der Waals surface area contributed by atoms with Gasteiger partial charge in [-0.3, -0.25) is 0 Å². The summed E-state index contributed by atoms with van der Waals surface area (Å²) in [4.78, 5) is 0. The molecule has 2 saturated carbocycles. The highest BCUT2D eigenvalue weighted by Crippen LogP contribution is 2.43. The van der Waals surface area contributed by atoms with Gasteiger partial charge in [-0.2, -0.15) is 8.78 Å². The monoisotopic (exact) mass is 526 g/mol. The Kier molecular flexibility index (Phi) is 9.55. The van der Waals surface area contributed by atoms with Gasteiger partial charge < -0.3 is 9.47 Å². The van der Waals surface area contributed by atoms with E-state index in [1.165, 1.54) is 59.9 Å². The molecule has 210 valence electrons. The molecule has 2 aromatic rings.